The van der Waals surface area contributed by atoms with Gasteiger partial charge in [0.05, 0.1) is 12.1 Å². The first kappa shape index (κ1) is 18.9. The summed E-state index contributed by atoms with van der Waals surface area (Å²) in [7, 11) is 2.14. The fourth-order valence-corrected chi connectivity index (χ4v) is 5.37. The van der Waals surface area contributed by atoms with E-state index in [0.29, 0.717) is 19.5 Å². The van der Waals surface area contributed by atoms with Gasteiger partial charge in [0, 0.05) is 44.7 Å². The highest BCUT2D eigenvalue weighted by atomic mass is 16.3. The Bertz CT molecular complexity index is 644. The van der Waals surface area contributed by atoms with Gasteiger partial charge in [0.25, 0.3) is 0 Å². The zero-order valence-electron chi connectivity index (χ0n) is 16.5. The predicted octanol–water partition coefficient (Wildman–Crippen LogP) is 1.91. The fourth-order valence-electron chi connectivity index (χ4n) is 5.37. The van der Waals surface area contributed by atoms with Crippen molar-refractivity contribution in [3.63, 3.8) is 0 Å². The number of hydrogen-bond acceptors (Lipinski definition) is 4. The van der Waals surface area contributed by atoms with Crippen molar-refractivity contribution in [2.75, 3.05) is 46.3 Å². The maximum Gasteiger partial charge on any atom is 0.237 e. The van der Waals surface area contributed by atoms with Gasteiger partial charge >= 0.3 is 0 Å². The predicted molar refractivity (Wildman–Crippen MR) is 106 cm³/mol. The molecule has 4 rings (SSSR count). The number of amides is 1. The summed E-state index contributed by atoms with van der Waals surface area (Å²) in [4.78, 5) is 19.9. The van der Waals surface area contributed by atoms with Crippen LogP contribution >= 0.6 is 0 Å². The van der Waals surface area contributed by atoms with Crippen molar-refractivity contribution < 1.29 is 9.90 Å². The lowest BCUT2D eigenvalue weighted by Gasteiger charge is -2.53. The molecule has 5 nitrogen and oxygen atoms in total. The maximum atomic E-state index is 13.1. The summed E-state index contributed by atoms with van der Waals surface area (Å²) in [6.45, 7) is 5.20. The lowest BCUT2D eigenvalue weighted by molar-refractivity contribution is -0.156. The van der Waals surface area contributed by atoms with Gasteiger partial charge in [0.15, 0.2) is 0 Å². The van der Waals surface area contributed by atoms with E-state index in [4.69, 9.17) is 0 Å². The van der Waals surface area contributed by atoms with E-state index in [2.05, 4.69) is 21.7 Å². The van der Waals surface area contributed by atoms with Crippen molar-refractivity contribution in [3.05, 3.63) is 35.9 Å². The molecular weight excluding hydrogens is 338 g/mol. The third-order valence-electron chi connectivity index (χ3n) is 7.03. The number of benzene rings is 1. The van der Waals surface area contributed by atoms with Crippen molar-refractivity contribution in [2.45, 2.75) is 43.7 Å². The number of aliphatic hydroxyl groups is 1. The summed E-state index contributed by atoms with van der Waals surface area (Å²) < 4.78 is 0. The zero-order chi connectivity index (χ0) is 18.9. The number of likely N-dealkylation sites (N-methyl/N-ethyl adjacent to an activating group) is 1. The molecule has 0 bridgehead atoms. The monoisotopic (exact) mass is 371 g/mol. The van der Waals surface area contributed by atoms with Crippen molar-refractivity contribution >= 4 is 5.91 Å². The van der Waals surface area contributed by atoms with Crippen LogP contribution in [0.1, 0.15) is 37.7 Å². The van der Waals surface area contributed by atoms with E-state index in [1.54, 1.807) is 0 Å². The number of rotatable bonds is 3. The van der Waals surface area contributed by atoms with Gasteiger partial charge < -0.3 is 14.9 Å². The molecule has 148 valence electrons. The van der Waals surface area contributed by atoms with Gasteiger partial charge in [-0.05, 0) is 31.9 Å². The molecule has 27 heavy (non-hydrogen) atoms. The molecule has 1 N–H and O–H groups in total. The first-order valence-electron chi connectivity index (χ1n) is 10.6. The van der Waals surface area contributed by atoms with E-state index < -0.39 is 5.60 Å². The standard InChI is InChI=1S/C22H33N3O2/c1-23-13-15-24(16-14-23)17-21(26)25-12-11-22(27,18-7-3-2-4-8-18)19-9-5-6-10-20(19)25/h2-4,7-8,19-20,27H,5-6,9-17H2,1H3/t19-,20+,22?/m0/s1. The van der Waals surface area contributed by atoms with Gasteiger partial charge in [-0.1, -0.05) is 43.2 Å². The number of likely N-dealkylation sites (tertiary alicyclic amines) is 1. The van der Waals surface area contributed by atoms with E-state index >= 15 is 0 Å². The molecule has 1 aromatic carbocycles. The highest BCUT2D eigenvalue weighted by molar-refractivity contribution is 5.79. The summed E-state index contributed by atoms with van der Waals surface area (Å²) in [6.07, 6.45) is 4.98. The normalized spacial score (nSPS) is 32.9. The van der Waals surface area contributed by atoms with Crippen molar-refractivity contribution in [3.8, 4) is 0 Å². The van der Waals surface area contributed by atoms with Crippen LogP contribution in [0.5, 0.6) is 0 Å². The molecule has 2 heterocycles. The molecule has 5 heteroatoms. The topological polar surface area (TPSA) is 47.0 Å². The first-order valence-corrected chi connectivity index (χ1v) is 10.6. The van der Waals surface area contributed by atoms with Crippen LogP contribution in [0.2, 0.25) is 0 Å². The Balaban J connectivity index is 1.49. The summed E-state index contributed by atoms with van der Waals surface area (Å²) in [6, 6.07) is 10.3. The Kier molecular flexibility index (Phi) is 5.53. The number of piperidine rings is 1. The van der Waals surface area contributed by atoms with Crippen LogP contribution in [0, 0.1) is 5.92 Å². The fraction of sp³-hybridized carbons (Fsp3) is 0.682. The van der Waals surface area contributed by atoms with E-state index in [1.807, 2.05) is 30.3 Å². The number of piperazine rings is 1. The quantitative estimate of drug-likeness (QED) is 0.882. The SMILES string of the molecule is CN1CCN(CC(=O)N2CCC(O)(c3ccccc3)[C@H]3CCCC[C@H]32)CC1. The third kappa shape index (κ3) is 3.78. The van der Waals surface area contributed by atoms with Crippen LogP contribution in [-0.2, 0) is 10.4 Å². The van der Waals surface area contributed by atoms with Crippen LogP contribution < -0.4 is 0 Å². The van der Waals surface area contributed by atoms with Crippen molar-refractivity contribution in [1.29, 1.82) is 0 Å². The van der Waals surface area contributed by atoms with Crippen LogP contribution in [0.3, 0.4) is 0 Å². The number of nitrogens with zero attached hydrogens (tertiary/aromatic N) is 3. The van der Waals surface area contributed by atoms with Gasteiger partial charge in [-0.15, -0.1) is 0 Å². The molecule has 1 aromatic rings. The van der Waals surface area contributed by atoms with Gasteiger partial charge in [0.2, 0.25) is 5.91 Å². The van der Waals surface area contributed by atoms with Crippen molar-refractivity contribution in [1.82, 2.24) is 14.7 Å². The van der Waals surface area contributed by atoms with Crippen LogP contribution in [0.15, 0.2) is 30.3 Å². The smallest absolute Gasteiger partial charge is 0.237 e. The molecule has 0 aromatic heterocycles. The molecule has 3 atom stereocenters. The second-order valence-corrected chi connectivity index (χ2v) is 8.67. The van der Waals surface area contributed by atoms with E-state index in [-0.39, 0.29) is 17.9 Å². The molecule has 1 aliphatic carbocycles. The van der Waals surface area contributed by atoms with Gasteiger partial charge in [0.1, 0.15) is 0 Å². The minimum atomic E-state index is -0.795. The summed E-state index contributed by atoms with van der Waals surface area (Å²) in [5.74, 6) is 0.408. The lowest BCUT2D eigenvalue weighted by Crippen LogP contribution is -2.60. The minimum Gasteiger partial charge on any atom is -0.385 e. The largest absolute Gasteiger partial charge is 0.385 e. The molecular formula is C22H33N3O2. The van der Waals surface area contributed by atoms with Gasteiger partial charge in [-0.25, -0.2) is 0 Å². The van der Waals surface area contributed by atoms with Crippen molar-refractivity contribution in [2.24, 2.45) is 5.92 Å². The van der Waals surface area contributed by atoms with Gasteiger partial charge in [-0.2, -0.15) is 0 Å². The van der Waals surface area contributed by atoms with Crippen LogP contribution in [-0.4, -0.2) is 78.1 Å². The first-order chi connectivity index (χ1) is 13.1. The maximum absolute atomic E-state index is 13.1. The number of carbonyl (C=O) groups excluding carboxylic acids is 1. The Morgan fingerprint density at radius 3 is 2.52 bits per heavy atom. The number of fused-ring (bicyclic) bond motifs is 1. The molecule has 2 aliphatic heterocycles. The molecule has 1 amide bonds. The van der Waals surface area contributed by atoms with Gasteiger partial charge in [-0.3, -0.25) is 9.69 Å². The highest BCUT2D eigenvalue weighted by Crippen LogP contribution is 2.46. The second kappa shape index (κ2) is 7.90. The molecule has 0 spiro atoms. The number of hydrogen-bond donors (Lipinski definition) is 1. The minimum absolute atomic E-state index is 0.152. The Hall–Kier alpha value is -1.43. The van der Waals surface area contributed by atoms with E-state index in [9.17, 15) is 9.90 Å². The summed E-state index contributed by atoms with van der Waals surface area (Å²) in [5, 5.41) is 11.6. The van der Waals surface area contributed by atoms with E-state index in [0.717, 1.165) is 57.4 Å². The molecule has 0 radical (unpaired) electrons. The van der Waals surface area contributed by atoms with Crippen LogP contribution in [0.25, 0.3) is 0 Å². The molecule has 1 saturated carbocycles. The molecule has 1 unspecified atom stereocenters. The average Bonchev–Trinajstić information content (AvgIpc) is 2.71. The Labute approximate surface area is 162 Å². The molecule has 2 saturated heterocycles. The highest BCUT2D eigenvalue weighted by Gasteiger charge is 2.50. The average molecular weight is 372 g/mol. The summed E-state index contributed by atoms with van der Waals surface area (Å²) in [5.41, 5.74) is 0.227. The summed E-state index contributed by atoms with van der Waals surface area (Å²) >= 11 is 0. The van der Waals surface area contributed by atoms with Crippen LogP contribution in [0.4, 0.5) is 0 Å². The lowest BCUT2D eigenvalue weighted by atomic mass is 9.66. The van der Waals surface area contributed by atoms with E-state index in [1.165, 1.54) is 0 Å². The third-order valence-corrected chi connectivity index (χ3v) is 7.03. The Morgan fingerprint density at radius 2 is 1.78 bits per heavy atom. The number of carbonyl (C=O) groups is 1. The molecule has 3 aliphatic rings. The second-order valence-electron chi connectivity index (χ2n) is 8.67. The zero-order valence-corrected chi connectivity index (χ0v) is 16.5. The molecule has 3 fully saturated rings. The Morgan fingerprint density at radius 1 is 1.07 bits per heavy atom.